The fourth-order valence-corrected chi connectivity index (χ4v) is 2.53. The maximum atomic E-state index is 13.5. The van der Waals surface area contributed by atoms with Crippen LogP contribution in [0.15, 0.2) is 22.7 Å². The van der Waals surface area contributed by atoms with E-state index in [9.17, 15) is 14.0 Å². The minimum Gasteiger partial charge on any atom is -0.455 e. The molecule has 0 aromatic heterocycles. The molecule has 0 spiro atoms. The normalized spacial score (nSPS) is 15.1. The van der Waals surface area contributed by atoms with Gasteiger partial charge in [-0.05, 0) is 31.0 Å². The molecule has 6 heteroatoms. The molecule has 1 aromatic rings. The van der Waals surface area contributed by atoms with Gasteiger partial charge in [-0.1, -0.05) is 28.8 Å². The van der Waals surface area contributed by atoms with Crippen molar-refractivity contribution >= 4 is 33.5 Å². The third-order valence-electron chi connectivity index (χ3n) is 3.24. The predicted molar refractivity (Wildman–Crippen MR) is 75.6 cm³/mol. The summed E-state index contributed by atoms with van der Waals surface area (Å²) in [6.07, 6.45) is 3.69. The van der Waals surface area contributed by atoms with Gasteiger partial charge in [-0.3, -0.25) is 9.59 Å². The van der Waals surface area contributed by atoms with E-state index < -0.39 is 11.7 Å². The zero-order valence-electron chi connectivity index (χ0n) is 10.8. The molecular weight excluding hydrogens is 329 g/mol. The van der Waals surface area contributed by atoms with Crippen LogP contribution in [0.1, 0.15) is 25.7 Å². The molecule has 1 aliphatic rings. The van der Waals surface area contributed by atoms with Gasteiger partial charge in [0.1, 0.15) is 5.82 Å². The van der Waals surface area contributed by atoms with Crippen LogP contribution in [0.3, 0.4) is 0 Å². The first kappa shape index (κ1) is 15.0. The van der Waals surface area contributed by atoms with Crippen molar-refractivity contribution in [2.45, 2.75) is 25.7 Å². The number of hydrogen-bond donors (Lipinski definition) is 1. The first-order valence-corrected chi connectivity index (χ1v) is 7.27. The SMILES string of the molecule is O=C(COC(=O)C1CCCC1)Nc1ccc(Br)cc1F. The molecule has 4 nitrogen and oxygen atoms in total. The standard InChI is InChI=1S/C14H15BrFNO3/c15-10-5-6-12(11(16)7-10)17-13(18)8-20-14(19)9-3-1-2-4-9/h5-7,9H,1-4,8H2,(H,17,18). The van der Waals surface area contributed by atoms with Gasteiger partial charge in [-0.25, -0.2) is 4.39 Å². The Bertz CT molecular complexity index is 515. The number of esters is 1. The van der Waals surface area contributed by atoms with Crippen LogP contribution < -0.4 is 5.32 Å². The van der Waals surface area contributed by atoms with Crippen LogP contribution in [0.25, 0.3) is 0 Å². The lowest BCUT2D eigenvalue weighted by Crippen LogP contribution is -2.24. The number of nitrogens with one attached hydrogen (secondary N) is 1. The van der Waals surface area contributed by atoms with Gasteiger partial charge in [0.2, 0.25) is 0 Å². The third kappa shape index (κ3) is 4.03. The van der Waals surface area contributed by atoms with Crippen LogP contribution in [-0.2, 0) is 14.3 Å². The van der Waals surface area contributed by atoms with Crippen molar-refractivity contribution in [3.8, 4) is 0 Å². The summed E-state index contributed by atoms with van der Waals surface area (Å²) in [5.74, 6) is -1.52. The highest BCUT2D eigenvalue weighted by Gasteiger charge is 2.24. The van der Waals surface area contributed by atoms with Gasteiger partial charge in [0.25, 0.3) is 5.91 Å². The van der Waals surface area contributed by atoms with Crippen molar-refractivity contribution in [1.82, 2.24) is 0 Å². The Kier molecular flexibility index (Phi) is 5.11. The number of halogens is 2. The quantitative estimate of drug-likeness (QED) is 0.853. The van der Waals surface area contributed by atoms with Gasteiger partial charge in [0, 0.05) is 4.47 Å². The summed E-state index contributed by atoms with van der Waals surface area (Å²) in [6, 6.07) is 4.31. The number of rotatable bonds is 4. The monoisotopic (exact) mass is 343 g/mol. The van der Waals surface area contributed by atoms with Gasteiger partial charge in [0.05, 0.1) is 11.6 Å². The Hall–Kier alpha value is -1.43. The van der Waals surface area contributed by atoms with Crippen molar-refractivity contribution in [3.63, 3.8) is 0 Å². The average molecular weight is 344 g/mol. The lowest BCUT2D eigenvalue weighted by atomic mass is 10.1. The second kappa shape index (κ2) is 6.83. The van der Waals surface area contributed by atoms with E-state index in [4.69, 9.17) is 4.74 Å². The fraction of sp³-hybridized carbons (Fsp3) is 0.429. The number of anilines is 1. The maximum absolute atomic E-state index is 13.5. The first-order chi connectivity index (χ1) is 9.56. The molecule has 108 valence electrons. The van der Waals surface area contributed by atoms with Gasteiger partial charge in [0.15, 0.2) is 6.61 Å². The molecule has 1 amide bonds. The Morgan fingerprint density at radius 3 is 2.70 bits per heavy atom. The summed E-state index contributed by atoms with van der Waals surface area (Å²) in [5, 5.41) is 2.37. The molecule has 0 saturated heterocycles. The van der Waals surface area contributed by atoms with Crippen molar-refractivity contribution in [2.24, 2.45) is 5.92 Å². The zero-order chi connectivity index (χ0) is 14.5. The predicted octanol–water partition coefficient (Wildman–Crippen LogP) is 3.26. The molecule has 0 atom stereocenters. The second-order valence-corrected chi connectivity index (χ2v) is 5.68. The van der Waals surface area contributed by atoms with Crippen molar-refractivity contribution in [3.05, 3.63) is 28.5 Å². The molecule has 0 heterocycles. The molecule has 1 aromatic carbocycles. The van der Waals surface area contributed by atoms with E-state index in [1.54, 1.807) is 6.07 Å². The number of ether oxygens (including phenoxy) is 1. The number of benzene rings is 1. The maximum Gasteiger partial charge on any atom is 0.309 e. The van der Waals surface area contributed by atoms with E-state index in [1.807, 2.05) is 0 Å². The minimum absolute atomic E-state index is 0.0649. The highest BCUT2D eigenvalue weighted by Crippen LogP contribution is 2.25. The topological polar surface area (TPSA) is 55.4 Å². The summed E-state index contributed by atoms with van der Waals surface area (Å²) < 4.78 is 19.0. The van der Waals surface area contributed by atoms with Crippen LogP contribution in [0.2, 0.25) is 0 Å². The molecule has 1 fully saturated rings. The lowest BCUT2D eigenvalue weighted by molar-refractivity contribution is -0.151. The average Bonchev–Trinajstić information content (AvgIpc) is 2.93. The summed E-state index contributed by atoms with van der Waals surface area (Å²) in [7, 11) is 0. The smallest absolute Gasteiger partial charge is 0.309 e. The van der Waals surface area contributed by atoms with Gasteiger partial charge < -0.3 is 10.1 Å². The highest BCUT2D eigenvalue weighted by atomic mass is 79.9. The summed E-state index contributed by atoms with van der Waals surface area (Å²) in [4.78, 5) is 23.2. The van der Waals surface area contributed by atoms with Crippen LogP contribution in [-0.4, -0.2) is 18.5 Å². The Morgan fingerprint density at radius 2 is 2.05 bits per heavy atom. The van der Waals surface area contributed by atoms with Crippen LogP contribution in [0.4, 0.5) is 10.1 Å². The van der Waals surface area contributed by atoms with Gasteiger partial charge in [-0.2, -0.15) is 0 Å². The summed E-state index contributed by atoms with van der Waals surface area (Å²) in [6.45, 7) is -0.384. The van der Waals surface area contributed by atoms with Crippen LogP contribution in [0, 0.1) is 11.7 Å². The Morgan fingerprint density at radius 1 is 1.35 bits per heavy atom. The second-order valence-electron chi connectivity index (χ2n) is 4.76. The number of amides is 1. The Labute approximate surface area is 124 Å². The molecule has 0 bridgehead atoms. The first-order valence-electron chi connectivity index (χ1n) is 6.48. The van der Waals surface area contributed by atoms with Crippen LogP contribution >= 0.6 is 15.9 Å². The highest BCUT2D eigenvalue weighted by molar-refractivity contribution is 9.10. The number of hydrogen-bond acceptors (Lipinski definition) is 3. The lowest BCUT2D eigenvalue weighted by Gasteiger charge is -2.10. The minimum atomic E-state index is -0.546. The molecule has 1 aliphatic carbocycles. The van der Waals surface area contributed by atoms with E-state index >= 15 is 0 Å². The van der Waals surface area contributed by atoms with E-state index in [0.717, 1.165) is 25.7 Å². The fourth-order valence-electron chi connectivity index (χ4n) is 2.19. The van der Waals surface area contributed by atoms with Crippen molar-refractivity contribution in [1.29, 1.82) is 0 Å². The van der Waals surface area contributed by atoms with Gasteiger partial charge >= 0.3 is 5.97 Å². The molecule has 1 N–H and O–H groups in total. The van der Waals surface area contributed by atoms with Gasteiger partial charge in [-0.15, -0.1) is 0 Å². The molecule has 0 unspecified atom stereocenters. The summed E-state index contributed by atoms with van der Waals surface area (Å²) in [5.41, 5.74) is 0.0649. The molecule has 0 radical (unpaired) electrons. The molecule has 0 aliphatic heterocycles. The van der Waals surface area contributed by atoms with Crippen LogP contribution in [0.5, 0.6) is 0 Å². The number of carbonyl (C=O) groups excluding carboxylic acids is 2. The summed E-state index contributed by atoms with van der Waals surface area (Å²) >= 11 is 3.13. The molecule has 20 heavy (non-hydrogen) atoms. The van der Waals surface area contributed by atoms with E-state index in [0.29, 0.717) is 4.47 Å². The van der Waals surface area contributed by atoms with E-state index in [-0.39, 0.29) is 24.2 Å². The Balaban J connectivity index is 1.81. The van der Waals surface area contributed by atoms with E-state index in [2.05, 4.69) is 21.2 Å². The third-order valence-corrected chi connectivity index (χ3v) is 3.73. The zero-order valence-corrected chi connectivity index (χ0v) is 12.4. The molecule has 1 saturated carbocycles. The number of carbonyl (C=O) groups is 2. The van der Waals surface area contributed by atoms with Crippen molar-refractivity contribution in [2.75, 3.05) is 11.9 Å². The van der Waals surface area contributed by atoms with E-state index in [1.165, 1.54) is 12.1 Å². The molecular formula is C14H15BrFNO3. The van der Waals surface area contributed by atoms with Crippen molar-refractivity contribution < 1.29 is 18.7 Å². The largest absolute Gasteiger partial charge is 0.455 e. The molecule has 2 rings (SSSR count).